The molecule has 3 rings (SSSR count). The number of piperidine rings is 1. The number of carbonyl (C=O) groups excluding carboxylic acids is 1. The van der Waals surface area contributed by atoms with Crippen LogP contribution in [0.1, 0.15) is 52.5 Å². The maximum atomic E-state index is 12.8. The monoisotopic (exact) mass is 372 g/mol. The number of methoxy groups -OCH3 is 1. The zero-order valence-corrected chi connectivity index (χ0v) is 17.2. The Hall–Kier alpha value is -2.01. The van der Waals surface area contributed by atoms with E-state index in [9.17, 15) is 4.79 Å². The summed E-state index contributed by atoms with van der Waals surface area (Å²) in [5, 5.41) is 1.09. The summed E-state index contributed by atoms with van der Waals surface area (Å²) in [4.78, 5) is 15.3. The van der Waals surface area contributed by atoms with E-state index in [-0.39, 0.29) is 6.09 Å². The number of hydrogen-bond acceptors (Lipinski definition) is 4. The van der Waals surface area contributed by atoms with Crippen LogP contribution in [0.5, 0.6) is 5.75 Å². The fraction of sp³-hybridized carbons (Fsp3) is 0.591. The highest BCUT2D eigenvalue weighted by atomic mass is 16.6. The second-order valence-corrected chi connectivity index (χ2v) is 8.54. The lowest BCUT2D eigenvalue weighted by Crippen LogP contribution is -2.38. The van der Waals surface area contributed by atoms with E-state index in [0.29, 0.717) is 6.04 Å². The number of hydrogen-bond donors (Lipinski definition) is 0. The van der Waals surface area contributed by atoms with Gasteiger partial charge in [-0.05, 0) is 77.7 Å². The lowest BCUT2D eigenvalue weighted by Gasteiger charge is -2.32. The van der Waals surface area contributed by atoms with E-state index in [1.54, 1.807) is 11.7 Å². The summed E-state index contributed by atoms with van der Waals surface area (Å²) in [6.45, 7) is 10.3. The summed E-state index contributed by atoms with van der Waals surface area (Å²) >= 11 is 0. The van der Waals surface area contributed by atoms with Gasteiger partial charge in [-0.1, -0.05) is 6.42 Å². The van der Waals surface area contributed by atoms with E-state index < -0.39 is 5.60 Å². The second kappa shape index (κ2) is 7.93. The van der Waals surface area contributed by atoms with Crippen molar-refractivity contribution in [3.05, 3.63) is 30.0 Å². The molecule has 27 heavy (non-hydrogen) atoms. The van der Waals surface area contributed by atoms with Crippen LogP contribution in [0.3, 0.4) is 0 Å². The van der Waals surface area contributed by atoms with Gasteiger partial charge in [-0.2, -0.15) is 0 Å². The average Bonchev–Trinajstić information content (AvgIpc) is 2.99. The van der Waals surface area contributed by atoms with E-state index in [0.717, 1.165) is 23.1 Å². The predicted molar refractivity (Wildman–Crippen MR) is 109 cm³/mol. The van der Waals surface area contributed by atoms with Gasteiger partial charge in [-0.3, -0.25) is 4.57 Å². The highest BCUT2D eigenvalue weighted by Gasteiger charge is 2.23. The molecular formula is C22H32N2O3. The smallest absolute Gasteiger partial charge is 0.419 e. The Bertz CT molecular complexity index is 798. The largest absolute Gasteiger partial charge is 0.497 e. The first-order chi connectivity index (χ1) is 12.8. The van der Waals surface area contributed by atoms with Crippen LogP contribution in [0.2, 0.25) is 0 Å². The summed E-state index contributed by atoms with van der Waals surface area (Å²) in [6.07, 6.45) is 6.40. The summed E-state index contributed by atoms with van der Waals surface area (Å²) in [5.74, 6) is 0.737. The van der Waals surface area contributed by atoms with Gasteiger partial charge in [0, 0.05) is 23.7 Å². The molecule has 1 aromatic heterocycles. The molecular weight excluding hydrogens is 340 g/mol. The molecule has 1 aromatic carbocycles. The molecule has 5 heteroatoms. The van der Waals surface area contributed by atoms with Crippen LogP contribution < -0.4 is 4.74 Å². The number of carbonyl (C=O) groups is 1. The van der Waals surface area contributed by atoms with E-state index in [1.807, 2.05) is 45.2 Å². The van der Waals surface area contributed by atoms with Gasteiger partial charge >= 0.3 is 6.09 Å². The summed E-state index contributed by atoms with van der Waals surface area (Å²) in [5.41, 5.74) is 1.48. The van der Waals surface area contributed by atoms with Gasteiger partial charge in [-0.25, -0.2) is 4.79 Å². The molecule has 0 unspecified atom stereocenters. The molecule has 2 heterocycles. The van der Waals surface area contributed by atoms with Crippen molar-refractivity contribution in [3.8, 4) is 5.75 Å². The highest BCUT2D eigenvalue weighted by Crippen LogP contribution is 2.28. The minimum Gasteiger partial charge on any atom is -0.497 e. The fourth-order valence-corrected chi connectivity index (χ4v) is 3.84. The number of nitrogens with zero attached hydrogens (tertiary/aromatic N) is 2. The second-order valence-electron chi connectivity index (χ2n) is 8.54. The number of rotatable bonds is 4. The Labute approximate surface area is 162 Å². The molecule has 148 valence electrons. The number of ether oxygens (including phenoxy) is 2. The lowest BCUT2D eigenvalue weighted by molar-refractivity contribution is 0.0544. The molecule has 0 spiro atoms. The molecule has 1 aliphatic heterocycles. The third-order valence-electron chi connectivity index (χ3n) is 5.21. The standard InChI is InChI=1S/C22H32N2O3/c1-16(23-11-7-6-8-12-23)13-17-15-24(21(25)27-22(2,3)4)20-14-18(26-5)9-10-19(17)20/h9-10,14-16H,6-8,11-13H2,1-5H3/t16-/m1/s1. The fourth-order valence-electron chi connectivity index (χ4n) is 3.84. The molecule has 5 nitrogen and oxygen atoms in total. The third kappa shape index (κ3) is 4.64. The maximum absolute atomic E-state index is 12.8. The Balaban J connectivity index is 1.94. The van der Waals surface area contributed by atoms with Gasteiger partial charge in [0.2, 0.25) is 0 Å². The summed E-state index contributed by atoms with van der Waals surface area (Å²) in [6, 6.07) is 6.36. The Kier molecular flexibility index (Phi) is 5.80. The summed E-state index contributed by atoms with van der Waals surface area (Å²) < 4.78 is 12.6. The lowest BCUT2D eigenvalue weighted by atomic mass is 10.0. The summed E-state index contributed by atoms with van der Waals surface area (Å²) in [7, 11) is 1.64. The zero-order chi connectivity index (χ0) is 19.6. The number of benzene rings is 1. The van der Waals surface area contributed by atoms with E-state index in [1.165, 1.54) is 37.9 Å². The predicted octanol–water partition coefficient (Wildman–Crippen LogP) is 4.85. The Morgan fingerprint density at radius 2 is 1.89 bits per heavy atom. The van der Waals surface area contributed by atoms with Crippen LogP contribution in [0.15, 0.2) is 24.4 Å². The van der Waals surface area contributed by atoms with Crippen molar-refractivity contribution in [2.24, 2.45) is 0 Å². The SMILES string of the molecule is COc1ccc2c(C[C@@H](C)N3CCCCC3)cn(C(=O)OC(C)(C)C)c2c1. The van der Waals surface area contributed by atoms with Gasteiger partial charge in [0.1, 0.15) is 11.4 Å². The van der Waals surface area contributed by atoms with Crippen molar-refractivity contribution in [2.45, 2.75) is 65.0 Å². The van der Waals surface area contributed by atoms with Crippen LogP contribution in [-0.2, 0) is 11.2 Å². The molecule has 0 bridgehead atoms. The van der Waals surface area contributed by atoms with Crippen molar-refractivity contribution in [1.82, 2.24) is 9.47 Å². The van der Waals surface area contributed by atoms with Crippen LogP contribution >= 0.6 is 0 Å². The molecule has 0 amide bonds. The van der Waals surface area contributed by atoms with Crippen molar-refractivity contribution in [3.63, 3.8) is 0 Å². The first kappa shape index (κ1) is 19.7. The minimum absolute atomic E-state index is 0.349. The topological polar surface area (TPSA) is 43.7 Å². The van der Waals surface area contributed by atoms with E-state index in [2.05, 4.69) is 11.8 Å². The van der Waals surface area contributed by atoms with Gasteiger partial charge in [-0.15, -0.1) is 0 Å². The van der Waals surface area contributed by atoms with Gasteiger partial charge < -0.3 is 14.4 Å². The number of likely N-dealkylation sites (tertiary alicyclic amines) is 1. The third-order valence-corrected chi connectivity index (χ3v) is 5.21. The van der Waals surface area contributed by atoms with Crippen LogP contribution in [0.25, 0.3) is 10.9 Å². The van der Waals surface area contributed by atoms with Crippen LogP contribution in [-0.4, -0.2) is 47.4 Å². The quantitative estimate of drug-likeness (QED) is 0.769. The molecule has 2 aromatic rings. The molecule has 1 saturated heterocycles. The Morgan fingerprint density at radius 1 is 1.19 bits per heavy atom. The molecule has 0 radical (unpaired) electrons. The van der Waals surface area contributed by atoms with Crippen molar-refractivity contribution in [2.75, 3.05) is 20.2 Å². The van der Waals surface area contributed by atoms with Crippen molar-refractivity contribution < 1.29 is 14.3 Å². The van der Waals surface area contributed by atoms with Gasteiger partial charge in [0.05, 0.1) is 12.6 Å². The van der Waals surface area contributed by atoms with Gasteiger partial charge in [0.15, 0.2) is 0 Å². The molecule has 0 N–H and O–H groups in total. The van der Waals surface area contributed by atoms with Crippen LogP contribution in [0, 0.1) is 0 Å². The van der Waals surface area contributed by atoms with Gasteiger partial charge in [0.25, 0.3) is 0 Å². The molecule has 1 fully saturated rings. The zero-order valence-electron chi connectivity index (χ0n) is 17.2. The molecule has 1 atom stereocenters. The first-order valence-corrected chi connectivity index (χ1v) is 9.94. The molecule has 1 aliphatic rings. The molecule has 0 saturated carbocycles. The van der Waals surface area contributed by atoms with Crippen molar-refractivity contribution in [1.29, 1.82) is 0 Å². The van der Waals surface area contributed by atoms with Crippen molar-refractivity contribution >= 4 is 17.0 Å². The average molecular weight is 373 g/mol. The molecule has 0 aliphatic carbocycles. The first-order valence-electron chi connectivity index (χ1n) is 9.94. The van der Waals surface area contributed by atoms with E-state index >= 15 is 0 Å². The highest BCUT2D eigenvalue weighted by molar-refractivity contribution is 5.93. The number of fused-ring (bicyclic) bond motifs is 1. The minimum atomic E-state index is -0.534. The number of aromatic nitrogens is 1. The Morgan fingerprint density at radius 3 is 2.52 bits per heavy atom. The maximum Gasteiger partial charge on any atom is 0.419 e. The normalized spacial score (nSPS) is 17.1. The van der Waals surface area contributed by atoms with Crippen LogP contribution in [0.4, 0.5) is 4.79 Å². The van der Waals surface area contributed by atoms with E-state index in [4.69, 9.17) is 9.47 Å².